The third kappa shape index (κ3) is 4.89. The lowest BCUT2D eigenvalue weighted by atomic mass is 9.87. The van der Waals surface area contributed by atoms with Crippen molar-refractivity contribution in [3.8, 4) is 0 Å². The van der Waals surface area contributed by atoms with Gasteiger partial charge in [-0.2, -0.15) is 0 Å². The summed E-state index contributed by atoms with van der Waals surface area (Å²) in [6.07, 6.45) is 0.112. The Morgan fingerprint density at radius 1 is 1.21 bits per heavy atom. The molecule has 1 heterocycles. The fourth-order valence-corrected chi connectivity index (χ4v) is 2.80. The predicted octanol–water partition coefficient (Wildman–Crippen LogP) is 3.80. The molecule has 0 saturated heterocycles. The molecule has 0 unspecified atom stereocenters. The Balaban J connectivity index is 2.00. The van der Waals surface area contributed by atoms with Crippen LogP contribution in [0.2, 0.25) is 0 Å². The first-order valence-electron chi connectivity index (χ1n) is 7.81. The van der Waals surface area contributed by atoms with Crippen LogP contribution in [0.25, 0.3) is 0 Å². The number of esters is 1. The first-order chi connectivity index (χ1) is 11.3. The summed E-state index contributed by atoms with van der Waals surface area (Å²) in [5.41, 5.74) is 2.39. The largest absolute Gasteiger partial charge is 0.466 e. The maximum atomic E-state index is 12.3. The number of nitrogens with one attached hydrogen (secondary N) is 1. The second kappa shape index (κ2) is 7.57. The summed E-state index contributed by atoms with van der Waals surface area (Å²) < 4.78 is 4.88. The highest BCUT2D eigenvalue weighted by molar-refractivity contribution is 7.14. The average molecular weight is 346 g/mol. The summed E-state index contributed by atoms with van der Waals surface area (Å²) in [5.74, 6) is -0.536. The standard InChI is InChI=1S/C18H22N2O3S/c1-5-23-15(21)10-14-11-24-17(19-14)20-16(22)12-6-8-13(9-7-12)18(2,3)4/h6-9,11H,5,10H2,1-4H3,(H,19,20,22). The number of carbonyl (C=O) groups is 2. The second-order valence-corrected chi connectivity index (χ2v) is 7.27. The molecule has 6 heteroatoms. The van der Waals surface area contributed by atoms with Gasteiger partial charge in [-0.3, -0.25) is 14.9 Å². The lowest BCUT2D eigenvalue weighted by Gasteiger charge is -2.18. The molecule has 128 valence electrons. The van der Waals surface area contributed by atoms with Crippen LogP contribution in [0.5, 0.6) is 0 Å². The van der Waals surface area contributed by atoms with Gasteiger partial charge in [0.2, 0.25) is 0 Å². The van der Waals surface area contributed by atoms with Gasteiger partial charge >= 0.3 is 5.97 Å². The topological polar surface area (TPSA) is 68.3 Å². The minimum Gasteiger partial charge on any atom is -0.466 e. The number of thiazole rings is 1. The van der Waals surface area contributed by atoms with Crippen molar-refractivity contribution < 1.29 is 14.3 Å². The van der Waals surface area contributed by atoms with Crippen LogP contribution in [0.3, 0.4) is 0 Å². The molecule has 1 aromatic carbocycles. The van der Waals surface area contributed by atoms with Crippen LogP contribution in [0.15, 0.2) is 29.6 Å². The van der Waals surface area contributed by atoms with Gasteiger partial charge in [0, 0.05) is 10.9 Å². The zero-order valence-corrected chi connectivity index (χ0v) is 15.2. The first kappa shape index (κ1) is 18.1. The van der Waals surface area contributed by atoms with Gasteiger partial charge in [-0.1, -0.05) is 32.9 Å². The van der Waals surface area contributed by atoms with Crippen LogP contribution in [-0.2, 0) is 21.4 Å². The van der Waals surface area contributed by atoms with Crippen LogP contribution in [0.1, 0.15) is 49.3 Å². The molecule has 0 bridgehead atoms. The maximum Gasteiger partial charge on any atom is 0.311 e. The van der Waals surface area contributed by atoms with Gasteiger partial charge in [0.25, 0.3) is 5.91 Å². The zero-order chi connectivity index (χ0) is 17.7. The molecule has 2 aromatic rings. The molecule has 1 aromatic heterocycles. The first-order valence-corrected chi connectivity index (χ1v) is 8.69. The monoisotopic (exact) mass is 346 g/mol. The van der Waals surface area contributed by atoms with Crippen molar-refractivity contribution in [2.75, 3.05) is 11.9 Å². The Bertz CT molecular complexity index is 715. The average Bonchev–Trinajstić information content (AvgIpc) is 2.93. The number of anilines is 1. The van der Waals surface area contributed by atoms with Gasteiger partial charge in [0.15, 0.2) is 5.13 Å². The Kier molecular flexibility index (Phi) is 5.72. The zero-order valence-electron chi connectivity index (χ0n) is 14.4. The molecule has 0 aliphatic rings. The molecule has 0 fully saturated rings. The van der Waals surface area contributed by atoms with Crippen LogP contribution >= 0.6 is 11.3 Å². The molecule has 2 rings (SSSR count). The number of carbonyl (C=O) groups excluding carboxylic acids is 2. The molecule has 1 N–H and O–H groups in total. The minimum atomic E-state index is -0.321. The number of rotatable bonds is 5. The van der Waals surface area contributed by atoms with Gasteiger partial charge in [0.1, 0.15) is 0 Å². The Labute approximate surface area is 146 Å². The van der Waals surface area contributed by atoms with E-state index in [2.05, 4.69) is 31.1 Å². The van der Waals surface area contributed by atoms with Crippen molar-refractivity contribution in [3.63, 3.8) is 0 Å². The molecule has 0 saturated carbocycles. The van der Waals surface area contributed by atoms with Gasteiger partial charge in [-0.05, 0) is 30.0 Å². The van der Waals surface area contributed by atoms with E-state index < -0.39 is 0 Å². The highest BCUT2D eigenvalue weighted by atomic mass is 32.1. The summed E-state index contributed by atoms with van der Waals surface area (Å²) in [4.78, 5) is 27.9. The van der Waals surface area contributed by atoms with Gasteiger partial charge in [0.05, 0.1) is 18.7 Å². The number of hydrogen-bond acceptors (Lipinski definition) is 5. The molecule has 0 radical (unpaired) electrons. The molecule has 24 heavy (non-hydrogen) atoms. The van der Waals surface area contributed by atoms with Gasteiger partial charge < -0.3 is 4.74 Å². The van der Waals surface area contributed by atoms with E-state index in [0.717, 1.165) is 0 Å². The lowest BCUT2D eigenvalue weighted by Crippen LogP contribution is -2.14. The molecule has 0 atom stereocenters. The van der Waals surface area contributed by atoms with Gasteiger partial charge in [-0.25, -0.2) is 4.98 Å². The Morgan fingerprint density at radius 2 is 1.88 bits per heavy atom. The highest BCUT2D eigenvalue weighted by Crippen LogP contribution is 2.23. The van der Waals surface area contributed by atoms with Gasteiger partial charge in [-0.15, -0.1) is 11.3 Å². The molecular weight excluding hydrogens is 324 g/mol. The van der Waals surface area contributed by atoms with E-state index in [1.165, 1.54) is 16.9 Å². The van der Waals surface area contributed by atoms with E-state index in [1.807, 2.05) is 24.3 Å². The Hall–Kier alpha value is -2.21. The number of amides is 1. The van der Waals surface area contributed by atoms with Crippen LogP contribution in [0, 0.1) is 0 Å². The summed E-state index contributed by atoms with van der Waals surface area (Å²) in [6, 6.07) is 7.54. The van der Waals surface area contributed by atoms with Crippen molar-refractivity contribution in [1.82, 2.24) is 4.98 Å². The van der Waals surface area contributed by atoms with Crippen molar-refractivity contribution in [2.24, 2.45) is 0 Å². The SMILES string of the molecule is CCOC(=O)Cc1csc(NC(=O)c2ccc(C(C)(C)C)cc2)n1. The fraction of sp³-hybridized carbons (Fsp3) is 0.389. The van der Waals surface area contributed by atoms with Crippen molar-refractivity contribution >= 4 is 28.3 Å². The van der Waals surface area contributed by atoms with E-state index >= 15 is 0 Å². The molecule has 0 aliphatic carbocycles. The number of benzene rings is 1. The third-order valence-electron chi connectivity index (χ3n) is 3.42. The van der Waals surface area contributed by atoms with Crippen molar-refractivity contribution in [3.05, 3.63) is 46.5 Å². The quantitative estimate of drug-likeness (QED) is 0.836. The maximum absolute atomic E-state index is 12.3. The second-order valence-electron chi connectivity index (χ2n) is 6.41. The lowest BCUT2D eigenvalue weighted by molar-refractivity contribution is -0.142. The number of ether oxygens (including phenoxy) is 1. The van der Waals surface area contributed by atoms with Crippen LogP contribution in [0.4, 0.5) is 5.13 Å². The van der Waals surface area contributed by atoms with E-state index in [9.17, 15) is 9.59 Å². The smallest absolute Gasteiger partial charge is 0.311 e. The molecular formula is C18H22N2O3S. The van der Waals surface area contributed by atoms with E-state index in [-0.39, 0.29) is 23.7 Å². The number of aromatic nitrogens is 1. The summed E-state index contributed by atoms with van der Waals surface area (Å²) in [6.45, 7) is 8.49. The van der Waals surface area contributed by atoms with E-state index in [0.29, 0.717) is 23.0 Å². The predicted molar refractivity (Wildman–Crippen MR) is 95.5 cm³/mol. The highest BCUT2D eigenvalue weighted by Gasteiger charge is 2.15. The van der Waals surface area contributed by atoms with Crippen LogP contribution < -0.4 is 5.32 Å². The molecule has 0 spiro atoms. The summed E-state index contributed by atoms with van der Waals surface area (Å²) >= 11 is 1.29. The van der Waals surface area contributed by atoms with E-state index in [1.54, 1.807) is 12.3 Å². The number of nitrogens with zero attached hydrogens (tertiary/aromatic N) is 1. The third-order valence-corrected chi connectivity index (χ3v) is 4.22. The van der Waals surface area contributed by atoms with Crippen molar-refractivity contribution in [2.45, 2.75) is 39.5 Å². The Morgan fingerprint density at radius 3 is 2.46 bits per heavy atom. The van der Waals surface area contributed by atoms with Crippen molar-refractivity contribution in [1.29, 1.82) is 0 Å². The van der Waals surface area contributed by atoms with E-state index in [4.69, 9.17) is 4.74 Å². The minimum absolute atomic E-state index is 0.0479. The summed E-state index contributed by atoms with van der Waals surface area (Å²) in [5, 5.41) is 4.98. The summed E-state index contributed by atoms with van der Waals surface area (Å²) in [7, 11) is 0. The fourth-order valence-electron chi connectivity index (χ4n) is 2.10. The normalized spacial score (nSPS) is 11.2. The molecule has 1 amide bonds. The molecule has 0 aliphatic heterocycles. The molecule has 5 nitrogen and oxygen atoms in total. The van der Waals surface area contributed by atoms with Crippen LogP contribution in [-0.4, -0.2) is 23.5 Å². The number of hydrogen-bond donors (Lipinski definition) is 1.